The highest BCUT2D eigenvalue weighted by atomic mass is 35.5. The minimum Gasteiger partial charge on any atom is -0.507 e. The number of carboxylic acids is 1. The number of phenols is 1. The number of aliphatic carboxylic acids is 1. The van der Waals surface area contributed by atoms with Crippen LogP contribution >= 0.6 is 11.6 Å². The number of rotatable bonds is 9. The number of aromatic hydroxyl groups is 1. The van der Waals surface area contributed by atoms with Crippen molar-refractivity contribution >= 4 is 23.5 Å². The molecular weight excluding hydrogens is 294 g/mol. The number of halogens is 1. The average Bonchev–Trinajstić information content (AvgIpc) is 2.41. The van der Waals surface area contributed by atoms with Crippen molar-refractivity contribution in [3.05, 3.63) is 28.8 Å². The Morgan fingerprint density at radius 3 is 2.43 bits per heavy atom. The molecule has 3 N–H and O–H groups in total. The van der Waals surface area contributed by atoms with Gasteiger partial charge in [-0.3, -0.25) is 9.59 Å². The second-order valence-electron chi connectivity index (χ2n) is 4.83. The van der Waals surface area contributed by atoms with E-state index in [1.54, 1.807) is 6.07 Å². The fourth-order valence-corrected chi connectivity index (χ4v) is 2.09. The standard InChI is InChI=1S/C15H20ClNO4/c16-11-7-8-12(13(18)10-11)15(21)17-9-5-3-1-2-4-6-14(19)20/h7-8,10,18H,1-6,9H2,(H,17,21)(H,19,20). The number of nitrogens with one attached hydrogen (secondary N) is 1. The molecule has 0 spiro atoms. The first-order chi connectivity index (χ1) is 10.0. The van der Waals surface area contributed by atoms with Gasteiger partial charge in [-0.25, -0.2) is 0 Å². The first kappa shape index (κ1) is 17.3. The molecule has 0 heterocycles. The van der Waals surface area contributed by atoms with Crippen LogP contribution in [-0.2, 0) is 4.79 Å². The summed E-state index contributed by atoms with van der Waals surface area (Å²) in [6.45, 7) is 0.528. The van der Waals surface area contributed by atoms with Crippen molar-refractivity contribution in [1.29, 1.82) is 0 Å². The highest BCUT2D eigenvalue weighted by Gasteiger charge is 2.10. The molecule has 1 amide bonds. The van der Waals surface area contributed by atoms with Crippen LogP contribution in [0.1, 0.15) is 48.9 Å². The Balaban J connectivity index is 2.15. The van der Waals surface area contributed by atoms with Crippen LogP contribution in [0.4, 0.5) is 0 Å². The van der Waals surface area contributed by atoms with Gasteiger partial charge in [0.15, 0.2) is 0 Å². The normalized spacial score (nSPS) is 10.3. The quantitative estimate of drug-likeness (QED) is 0.611. The van der Waals surface area contributed by atoms with Gasteiger partial charge in [-0.1, -0.05) is 30.9 Å². The number of carboxylic acid groups (broad SMARTS) is 1. The molecule has 0 aliphatic carbocycles. The van der Waals surface area contributed by atoms with Crippen molar-refractivity contribution in [1.82, 2.24) is 5.32 Å². The molecule has 1 rings (SSSR count). The van der Waals surface area contributed by atoms with E-state index in [2.05, 4.69) is 5.32 Å². The minimum absolute atomic E-state index is 0.131. The first-order valence-electron chi connectivity index (χ1n) is 6.99. The first-order valence-corrected chi connectivity index (χ1v) is 7.37. The van der Waals surface area contributed by atoms with E-state index in [9.17, 15) is 14.7 Å². The van der Waals surface area contributed by atoms with Crippen molar-refractivity contribution in [2.45, 2.75) is 38.5 Å². The Kier molecular flexibility index (Phi) is 7.61. The van der Waals surface area contributed by atoms with Gasteiger partial charge in [-0.2, -0.15) is 0 Å². The molecule has 0 fully saturated rings. The summed E-state index contributed by atoms with van der Waals surface area (Å²) in [6, 6.07) is 4.37. The molecule has 0 saturated heterocycles. The highest BCUT2D eigenvalue weighted by molar-refractivity contribution is 6.30. The number of hydrogen-bond donors (Lipinski definition) is 3. The molecule has 0 radical (unpaired) electrons. The number of phenolic OH excluding ortho intramolecular Hbond substituents is 1. The molecule has 21 heavy (non-hydrogen) atoms. The lowest BCUT2D eigenvalue weighted by Crippen LogP contribution is -2.24. The number of unbranched alkanes of at least 4 members (excludes halogenated alkanes) is 4. The Labute approximate surface area is 128 Å². The molecule has 0 atom stereocenters. The van der Waals surface area contributed by atoms with E-state index in [0.717, 1.165) is 25.7 Å². The summed E-state index contributed by atoms with van der Waals surface area (Å²) in [7, 11) is 0. The van der Waals surface area contributed by atoms with Gasteiger partial charge >= 0.3 is 5.97 Å². The number of amides is 1. The predicted molar refractivity (Wildman–Crippen MR) is 80.8 cm³/mol. The van der Waals surface area contributed by atoms with Crippen molar-refractivity contribution < 1.29 is 19.8 Å². The fourth-order valence-electron chi connectivity index (χ4n) is 1.93. The molecule has 1 aromatic carbocycles. The van der Waals surface area contributed by atoms with Gasteiger partial charge in [0.1, 0.15) is 5.75 Å². The second-order valence-corrected chi connectivity index (χ2v) is 5.27. The summed E-state index contributed by atoms with van der Waals surface area (Å²) in [5.74, 6) is -1.21. The SMILES string of the molecule is O=C(O)CCCCCCCNC(=O)c1ccc(Cl)cc1O. The van der Waals surface area contributed by atoms with E-state index in [1.807, 2.05) is 0 Å². The monoisotopic (exact) mass is 313 g/mol. The van der Waals surface area contributed by atoms with Gasteiger partial charge in [0, 0.05) is 18.0 Å². The fraction of sp³-hybridized carbons (Fsp3) is 0.467. The molecule has 5 nitrogen and oxygen atoms in total. The predicted octanol–water partition coefficient (Wildman–Crippen LogP) is 3.20. The van der Waals surface area contributed by atoms with Crippen molar-refractivity contribution in [2.24, 2.45) is 0 Å². The maximum Gasteiger partial charge on any atom is 0.303 e. The summed E-state index contributed by atoms with van der Waals surface area (Å²) in [4.78, 5) is 22.1. The second kappa shape index (κ2) is 9.23. The van der Waals surface area contributed by atoms with Crippen molar-refractivity contribution in [3.8, 4) is 5.75 Å². The van der Waals surface area contributed by atoms with Crippen LogP contribution in [0, 0.1) is 0 Å². The molecule has 0 saturated carbocycles. The lowest BCUT2D eigenvalue weighted by Gasteiger charge is -2.07. The number of benzene rings is 1. The summed E-state index contributed by atoms with van der Waals surface area (Å²) in [5, 5.41) is 21.2. The maximum atomic E-state index is 11.8. The van der Waals surface area contributed by atoms with E-state index in [1.165, 1.54) is 12.1 Å². The number of carbonyl (C=O) groups is 2. The van der Waals surface area contributed by atoms with E-state index >= 15 is 0 Å². The molecule has 0 aromatic heterocycles. The molecule has 0 bridgehead atoms. The Morgan fingerprint density at radius 2 is 1.76 bits per heavy atom. The molecular formula is C15H20ClNO4. The van der Waals surface area contributed by atoms with Gasteiger partial charge in [-0.05, 0) is 31.0 Å². The van der Waals surface area contributed by atoms with Crippen LogP contribution < -0.4 is 5.32 Å². The van der Waals surface area contributed by atoms with Gasteiger partial charge in [-0.15, -0.1) is 0 Å². The van der Waals surface area contributed by atoms with E-state index in [0.29, 0.717) is 18.0 Å². The van der Waals surface area contributed by atoms with Crippen LogP contribution in [-0.4, -0.2) is 28.6 Å². The Bertz CT molecular complexity index is 491. The molecule has 0 unspecified atom stereocenters. The maximum absolute atomic E-state index is 11.8. The minimum atomic E-state index is -0.759. The van der Waals surface area contributed by atoms with Crippen LogP contribution in [0.5, 0.6) is 5.75 Å². The summed E-state index contributed by atoms with van der Waals surface area (Å²) in [5.41, 5.74) is 0.209. The summed E-state index contributed by atoms with van der Waals surface area (Å²) in [6.07, 6.45) is 4.51. The van der Waals surface area contributed by atoms with Crippen LogP contribution in [0.25, 0.3) is 0 Å². The third-order valence-corrected chi connectivity index (χ3v) is 3.29. The van der Waals surface area contributed by atoms with Crippen molar-refractivity contribution in [2.75, 3.05) is 6.54 Å². The smallest absolute Gasteiger partial charge is 0.303 e. The van der Waals surface area contributed by atoms with Gasteiger partial charge in [0.2, 0.25) is 0 Å². The molecule has 0 aliphatic rings. The molecule has 116 valence electrons. The summed E-state index contributed by atoms with van der Waals surface area (Å²) >= 11 is 5.70. The third kappa shape index (κ3) is 6.99. The van der Waals surface area contributed by atoms with Crippen molar-refractivity contribution in [3.63, 3.8) is 0 Å². The van der Waals surface area contributed by atoms with Crippen LogP contribution in [0.2, 0.25) is 5.02 Å². The van der Waals surface area contributed by atoms with Gasteiger partial charge < -0.3 is 15.5 Å². The molecule has 6 heteroatoms. The van der Waals surface area contributed by atoms with Crippen LogP contribution in [0.3, 0.4) is 0 Å². The Morgan fingerprint density at radius 1 is 1.10 bits per heavy atom. The zero-order valence-electron chi connectivity index (χ0n) is 11.8. The topological polar surface area (TPSA) is 86.6 Å². The zero-order chi connectivity index (χ0) is 15.7. The molecule has 1 aromatic rings. The summed E-state index contributed by atoms with van der Waals surface area (Å²) < 4.78 is 0. The lowest BCUT2D eigenvalue weighted by atomic mass is 10.1. The van der Waals surface area contributed by atoms with E-state index in [-0.39, 0.29) is 23.6 Å². The van der Waals surface area contributed by atoms with Gasteiger partial charge in [0.05, 0.1) is 5.56 Å². The van der Waals surface area contributed by atoms with Gasteiger partial charge in [0.25, 0.3) is 5.91 Å². The zero-order valence-corrected chi connectivity index (χ0v) is 12.5. The molecule has 0 aliphatic heterocycles. The van der Waals surface area contributed by atoms with E-state index in [4.69, 9.17) is 16.7 Å². The van der Waals surface area contributed by atoms with E-state index < -0.39 is 5.97 Å². The third-order valence-electron chi connectivity index (χ3n) is 3.06. The largest absolute Gasteiger partial charge is 0.507 e. The highest BCUT2D eigenvalue weighted by Crippen LogP contribution is 2.21. The number of hydrogen-bond acceptors (Lipinski definition) is 3. The Hall–Kier alpha value is -1.75. The van der Waals surface area contributed by atoms with Crippen LogP contribution in [0.15, 0.2) is 18.2 Å². The lowest BCUT2D eigenvalue weighted by molar-refractivity contribution is -0.137. The number of carbonyl (C=O) groups excluding carboxylic acids is 1. The average molecular weight is 314 g/mol.